The maximum Gasteiger partial charge on any atom is 0.325 e. The predicted molar refractivity (Wildman–Crippen MR) is 167 cm³/mol. The van der Waals surface area contributed by atoms with Crippen molar-refractivity contribution in [3.63, 3.8) is 0 Å². The molecular formula is C32H70NO3P. The van der Waals surface area contributed by atoms with Crippen molar-refractivity contribution in [3.8, 4) is 0 Å². The molecule has 0 unspecified atom stereocenters. The van der Waals surface area contributed by atoms with E-state index < -0.39 is 7.60 Å². The van der Waals surface area contributed by atoms with Gasteiger partial charge in [0.1, 0.15) is 0 Å². The lowest BCUT2D eigenvalue weighted by Crippen LogP contribution is -2.12. The fourth-order valence-corrected chi connectivity index (χ4v) is 5.42. The number of hydrogen-bond acceptors (Lipinski definition) is 2. The molecule has 4 nitrogen and oxygen atoms in total. The highest BCUT2D eigenvalue weighted by Gasteiger charge is 2.10. The topological polar surface area (TPSA) is 60.8 Å². The average Bonchev–Trinajstić information content (AvgIpc) is 2.84. The van der Waals surface area contributed by atoms with Gasteiger partial charge in [0.15, 0.2) is 0 Å². The van der Waals surface area contributed by atoms with Gasteiger partial charge in [-0.2, -0.15) is 0 Å². The average molecular weight is 548 g/mol. The van der Waals surface area contributed by atoms with Crippen LogP contribution in [0.25, 0.3) is 0 Å². The summed E-state index contributed by atoms with van der Waals surface area (Å²) >= 11 is 0. The number of unbranched alkanes of at least 4 members (excludes halogenated alkanes) is 24. The first kappa shape index (κ1) is 39.3. The van der Waals surface area contributed by atoms with E-state index in [-0.39, 0.29) is 6.16 Å². The van der Waals surface area contributed by atoms with Gasteiger partial charge in [-0.05, 0) is 33.5 Å². The van der Waals surface area contributed by atoms with E-state index in [0.717, 1.165) is 12.8 Å². The Bertz CT molecular complexity index is 453. The maximum absolute atomic E-state index is 10.6. The minimum atomic E-state index is -3.74. The van der Waals surface area contributed by atoms with E-state index in [9.17, 15) is 4.57 Å². The summed E-state index contributed by atoms with van der Waals surface area (Å²) in [6, 6.07) is 0. The van der Waals surface area contributed by atoms with Crippen LogP contribution in [-0.2, 0) is 4.57 Å². The minimum absolute atomic E-state index is 0.0590. The van der Waals surface area contributed by atoms with E-state index >= 15 is 0 Å². The van der Waals surface area contributed by atoms with Crippen LogP contribution in [0.15, 0.2) is 0 Å². The third-order valence-electron chi connectivity index (χ3n) is 7.26. The first-order valence-corrected chi connectivity index (χ1v) is 18.3. The zero-order chi connectivity index (χ0) is 27.9. The summed E-state index contributed by atoms with van der Waals surface area (Å²) in [7, 11) is 0.604. The summed E-state index contributed by atoms with van der Waals surface area (Å²) in [5, 5.41) is 0. The Hall–Kier alpha value is 0.110. The van der Waals surface area contributed by atoms with Crippen LogP contribution in [0.4, 0.5) is 0 Å². The van der Waals surface area contributed by atoms with Gasteiger partial charge in [-0.3, -0.25) is 4.57 Å². The van der Waals surface area contributed by atoms with Gasteiger partial charge in [0.25, 0.3) is 0 Å². The standard InChI is InChI=1S/C20H43N.C12H27O3P/c1-4-5-6-7-8-9-10-11-12-13-14-15-16-17-18-19-20-21(2)3;1-2-3-4-5-6-7-8-9-10-11-12-16(13,14)15/h4-20H2,1-3H3;2-12H2,1H3,(H2,13,14,15). The highest BCUT2D eigenvalue weighted by molar-refractivity contribution is 7.51. The molecule has 0 aliphatic heterocycles. The molecule has 0 heterocycles. The van der Waals surface area contributed by atoms with E-state index in [1.807, 2.05) is 0 Å². The largest absolute Gasteiger partial charge is 0.325 e. The van der Waals surface area contributed by atoms with Crippen LogP contribution in [0.5, 0.6) is 0 Å². The summed E-state index contributed by atoms with van der Waals surface area (Å²) < 4.78 is 10.6. The summed E-state index contributed by atoms with van der Waals surface area (Å²) in [5.41, 5.74) is 0. The normalized spacial score (nSPS) is 11.6. The molecule has 5 heteroatoms. The van der Waals surface area contributed by atoms with Crippen LogP contribution < -0.4 is 0 Å². The van der Waals surface area contributed by atoms with Gasteiger partial charge in [-0.15, -0.1) is 0 Å². The third kappa shape index (κ3) is 43.4. The molecular weight excluding hydrogens is 477 g/mol. The van der Waals surface area contributed by atoms with Gasteiger partial charge in [0.2, 0.25) is 0 Å². The first-order valence-electron chi connectivity index (χ1n) is 16.5. The summed E-state index contributed by atoms with van der Waals surface area (Å²) in [6.07, 6.45) is 35.3. The smallest absolute Gasteiger partial charge is 0.324 e. The predicted octanol–water partition coefficient (Wildman–Crippen LogP) is 10.9. The highest BCUT2D eigenvalue weighted by Crippen LogP contribution is 2.35. The Morgan fingerprint density at radius 2 is 0.676 bits per heavy atom. The Kier molecular flexibility index (Phi) is 34.3. The Morgan fingerprint density at radius 1 is 0.432 bits per heavy atom. The van der Waals surface area contributed by atoms with Gasteiger partial charge >= 0.3 is 7.60 Å². The summed E-state index contributed by atoms with van der Waals surface area (Å²) in [5.74, 6) is 0. The van der Waals surface area contributed by atoms with Gasteiger partial charge in [-0.1, -0.05) is 168 Å². The second kappa shape index (κ2) is 32.3. The molecule has 0 saturated carbocycles. The summed E-state index contributed by atoms with van der Waals surface area (Å²) in [4.78, 5) is 19.6. The van der Waals surface area contributed by atoms with E-state index in [2.05, 4.69) is 32.8 Å². The van der Waals surface area contributed by atoms with Crippen molar-refractivity contribution in [2.24, 2.45) is 0 Å². The Balaban J connectivity index is 0. The van der Waals surface area contributed by atoms with Gasteiger partial charge in [0, 0.05) is 6.16 Å². The van der Waals surface area contributed by atoms with Crippen LogP contribution in [0.3, 0.4) is 0 Å². The van der Waals surface area contributed by atoms with Crippen molar-refractivity contribution in [1.29, 1.82) is 0 Å². The lowest BCUT2D eigenvalue weighted by atomic mass is 10.0. The quantitative estimate of drug-likeness (QED) is 0.0755. The van der Waals surface area contributed by atoms with E-state index in [0.29, 0.717) is 6.42 Å². The molecule has 0 aromatic carbocycles. The molecule has 0 fully saturated rings. The number of rotatable bonds is 28. The monoisotopic (exact) mass is 548 g/mol. The fraction of sp³-hybridized carbons (Fsp3) is 1.00. The molecule has 2 N–H and O–H groups in total. The maximum atomic E-state index is 10.6. The molecule has 0 radical (unpaired) electrons. The second-order valence-electron chi connectivity index (χ2n) is 11.7. The molecule has 0 amide bonds. The molecule has 0 bridgehead atoms. The first-order chi connectivity index (χ1) is 17.8. The van der Waals surface area contributed by atoms with E-state index in [4.69, 9.17) is 9.79 Å². The van der Waals surface area contributed by atoms with E-state index in [1.165, 1.54) is 154 Å². The lowest BCUT2D eigenvalue weighted by Gasteiger charge is -2.08. The van der Waals surface area contributed by atoms with Crippen LogP contribution in [0.2, 0.25) is 0 Å². The third-order valence-corrected chi connectivity index (χ3v) is 8.16. The van der Waals surface area contributed by atoms with Gasteiger partial charge in [0.05, 0.1) is 0 Å². The van der Waals surface area contributed by atoms with E-state index in [1.54, 1.807) is 0 Å². The highest BCUT2D eigenvalue weighted by atomic mass is 31.2. The van der Waals surface area contributed by atoms with Crippen molar-refractivity contribution >= 4 is 7.60 Å². The summed E-state index contributed by atoms with van der Waals surface area (Å²) in [6.45, 7) is 5.78. The van der Waals surface area contributed by atoms with Crippen molar-refractivity contribution in [2.75, 3.05) is 26.8 Å². The second-order valence-corrected chi connectivity index (χ2v) is 13.5. The van der Waals surface area contributed by atoms with Crippen LogP contribution in [0, 0.1) is 0 Å². The van der Waals surface area contributed by atoms with Crippen LogP contribution in [-0.4, -0.2) is 41.5 Å². The van der Waals surface area contributed by atoms with Crippen molar-refractivity contribution in [2.45, 2.75) is 181 Å². The molecule has 0 aromatic heterocycles. The van der Waals surface area contributed by atoms with Crippen molar-refractivity contribution < 1.29 is 14.4 Å². The van der Waals surface area contributed by atoms with Crippen molar-refractivity contribution in [3.05, 3.63) is 0 Å². The number of hydrogen-bond donors (Lipinski definition) is 2. The molecule has 0 aromatic rings. The molecule has 0 aliphatic rings. The fourth-order valence-electron chi connectivity index (χ4n) is 4.78. The van der Waals surface area contributed by atoms with Gasteiger partial charge in [-0.25, -0.2) is 0 Å². The van der Waals surface area contributed by atoms with Crippen LogP contribution >= 0.6 is 7.60 Å². The van der Waals surface area contributed by atoms with Crippen LogP contribution in [0.1, 0.15) is 181 Å². The zero-order valence-corrected chi connectivity index (χ0v) is 26.9. The SMILES string of the molecule is CCCCCCCCCCCCCCCCCCN(C)C.CCCCCCCCCCCCP(=O)(O)O. The van der Waals surface area contributed by atoms with Gasteiger partial charge < -0.3 is 14.7 Å². The molecule has 0 rings (SSSR count). The molecule has 37 heavy (non-hydrogen) atoms. The number of nitrogens with zero attached hydrogens (tertiary/aromatic N) is 1. The minimum Gasteiger partial charge on any atom is -0.324 e. The molecule has 0 aliphatic carbocycles. The molecule has 0 spiro atoms. The zero-order valence-electron chi connectivity index (χ0n) is 26.0. The Labute approximate surface area is 234 Å². The molecule has 0 saturated heterocycles. The van der Waals surface area contributed by atoms with Crippen molar-refractivity contribution in [1.82, 2.24) is 4.90 Å². The molecule has 226 valence electrons. The molecule has 0 atom stereocenters. The lowest BCUT2D eigenvalue weighted by molar-refractivity contribution is 0.370. The Morgan fingerprint density at radius 3 is 0.919 bits per heavy atom.